The molecule has 0 saturated heterocycles. The van der Waals surface area contributed by atoms with E-state index in [1.807, 2.05) is 6.92 Å². The van der Waals surface area contributed by atoms with Crippen molar-refractivity contribution in [3.63, 3.8) is 0 Å². The number of thiazole rings is 1. The van der Waals surface area contributed by atoms with Gasteiger partial charge in [0.05, 0.1) is 11.6 Å². The maximum absolute atomic E-state index is 11.3. The molecular weight excluding hydrogens is 200 g/mol. The number of hydrogen-bond acceptors (Lipinski definition) is 5. The molecule has 1 unspecified atom stereocenters. The molecule has 1 aromatic rings. The van der Waals surface area contributed by atoms with Crippen molar-refractivity contribution in [2.24, 2.45) is 0 Å². The average molecular weight is 213 g/mol. The van der Waals surface area contributed by atoms with E-state index in [0.717, 1.165) is 0 Å². The summed E-state index contributed by atoms with van der Waals surface area (Å²) in [4.78, 5) is 15.3. The lowest BCUT2D eigenvalue weighted by Gasteiger charge is -2.09. The van der Waals surface area contributed by atoms with Gasteiger partial charge in [-0.05, 0) is 13.8 Å². The van der Waals surface area contributed by atoms with Crippen molar-refractivity contribution >= 4 is 22.3 Å². The molecule has 0 aromatic carbocycles. The number of rotatable bonds is 5. The van der Waals surface area contributed by atoms with Crippen molar-refractivity contribution in [3.8, 4) is 0 Å². The van der Waals surface area contributed by atoms with Crippen LogP contribution in [0.5, 0.6) is 0 Å². The van der Waals surface area contributed by atoms with E-state index in [9.17, 15) is 4.79 Å². The van der Waals surface area contributed by atoms with Gasteiger partial charge in [0.15, 0.2) is 5.13 Å². The van der Waals surface area contributed by atoms with Gasteiger partial charge in [-0.2, -0.15) is 0 Å². The monoisotopic (exact) mass is 213 g/mol. The molecule has 14 heavy (non-hydrogen) atoms. The zero-order valence-electron chi connectivity index (χ0n) is 8.19. The maximum Gasteiger partial charge on any atom is 0.180 e. The highest BCUT2D eigenvalue weighted by Crippen LogP contribution is 2.23. The minimum atomic E-state index is -0.400. The van der Waals surface area contributed by atoms with Crippen LogP contribution in [-0.4, -0.2) is 17.4 Å². The lowest BCUT2D eigenvalue weighted by atomic mass is 10.0. The van der Waals surface area contributed by atoms with Gasteiger partial charge in [-0.15, -0.1) is 11.3 Å². The molecule has 5 heteroatoms. The molecule has 1 atom stereocenters. The van der Waals surface area contributed by atoms with E-state index in [0.29, 0.717) is 17.4 Å². The van der Waals surface area contributed by atoms with Crippen LogP contribution in [0.25, 0.3) is 0 Å². The molecule has 0 bridgehead atoms. The second-order valence-corrected chi connectivity index (χ2v) is 3.68. The molecule has 0 saturated carbocycles. The van der Waals surface area contributed by atoms with Crippen molar-refractivity contribution < 1.29 is 9.53 Å². The molecule has 1 rings (SSSR count). The number of ketones is 1. The van der Waals surface area contributed by atoms with E-state index in [4.69, 9.17) is 10.5 Å². The average Bonchev–Trinajstić information content (AvgIpc) is 2.52. The summed E-state index contributed by atoms with van der Waals surface area (Å²) in [6.07, 6.45) is 0. The summed E-state index contributed by atoms with van der Waals surface area (Å²) in [6, 6.07) is 0. The Balaban J connectivity index is 2.72. The Labute approximate surface area is 87.1 Å². The first-order valence-electron chi connectivity index (χ1n) is 4.31. The Kier molecular flexibility index (Phi) is 4.03. The molecule has 1 heterocycles. The summed E-state index contributed by atoms with van der Waals surface area (Å²) in [5, 5.41) is 2.24. The number of anilines is 1. The van der Waals surface area contributed by atoms with Crippen LogP contribution in [0.3, 0.4) is 0 Å². The fraction of sp³-hybridized carbons (Fsp3) is 0.444. The van der Waals surface area contributed by atoms with Crippen molar-refractivity contribution in [1.29, 1.82) is 0 Å². The highest BCUT2D eigenvalue weighted by atomic mass is 32.1. The largest absolute Gasteiger partial charge is 0.375 e. The normalized spacial score (nSPS) is 12.7. The highest BCUT2D eigenvalue weighted by Gasteiger charge is 2.20. The number of carbonyl (C=O) groups is 1. The van der Waals surface area contributed by atoms with Gasteiger partial charge in [0.1, 0.15) is 12.4 Å². The van der Waals surface area contributed by atoms with Crippen LogP contribution >= 0.6 is 11.3 Å². The standard InChI is InChI=1S/C9H13N2O2S/c1-3-13-4-7(6(2)12)8-5-14-9(10)11-8/h4-5,7H,3H2,1-2H3,(H2,10,11). The van der Waals surface area contributed by atoms with Crippen LogP contribution in [0, 0.1) is 6.61 Å². The molecule has 4 nitrogen and oxygen atoms in total. The first-order valence-corrected chi connectivity index (χ1v) is 5.19. The van der Waals surface area contributed by atoms with Crippen molar-refractivity contribution in [1.82, 2.24) is 4.98 Å². The van der Waals surface area contributed by atoms with Gasteiger partial charge >= 0.3 is 0 Å². The Morgan fingerprint density at radius 2 is 2.57 bits per heavy atom. The SMILES string of the molecule is CCO[CH]C(C(C)=O)c1csc(N)n1. The lowest BCUT2D eigenvalue weighted by molar-refractivity contribution is -0.118. The van der Waals surface area contributed by atoms with Gasteiger partial charge in [0, 0.05) is 12.0 Å². The van der Waals surface area contributed by atoms with E-state index < -0.39 is 5.92 Å². The van der Waals surface area contributed by atoms with E-state index >= 15 is 0 Å². The summed E-state index contributed by atoms with van der Waals surface area (Å²) in [5.41, 5.74) is 6.15. The molecule has 0 spiro atoms. The van der Waals surface area contributed by atoms with Crippen molar-refractivity contribution in [2.45, 2.75) is 19.8 Å². The first kappa shape index (κ1) is 11.1. The van der Waals surface area contributed by atoms with Crippen LogP contribution in [0.1, 0.15) is 25.5 Å². The summed E-state index contributed by atoms with van der Waals surface area (Å²) < 4.78 is 5.10. The fourth-order valence-corrected chi connectivity index (χ4v) is 1.61. The van der Waals surface area contributed by atoms with Gasteiger partial charge in [0.2, 0.25) is 0 Å². The van der Waals surface area contributed by atoms with Crippen LogP contribution < -0.4 is 5.73 Å². The molecule has 0 aliphatic heterocycles. The second-order valence-electron chi connectivity index (χ2n) is 2.79. The van der Waals surface area contributed by atoms with Crippen molar-refractivity contribution in [2.75, 3.05) is 12.3 Å². The third-order valence-corrected chi connectivity index (χ3v) is 2.39. The van der Waals surface area contributed by atoms with E-state index in [-0.39, 0.29) is 5.78 Å². The Hall–Kier alpha value is -0.940. The zero-order chi connectivity index (χ0) is 10.6. The van der Waals surface area contributed by atoms with E-state index in [1.54, 1.807) is 5.38 Å². The predicted octanol–water partition coefficient (Wildman–Crippen LogP) is 1.60. The lowest BCUT2D eigenvalue weighted by Crippen LogP contribution is -2.11. The number of nitrogen functional groups attached to an aromatic ring is 1. The predicted molar refractivity (Wildman–Crippen MR) is 55.9 cm³/mol. The van der Waals surface area contributed by atoms with Crippen LogP contribution in [0.15, 0.2) is 5.38 Å². The van der Waals surface area contributed by atoms with Gasteiger partial charge in [0.25, 0.3) is 0 Å². The number of nitrogens with two attached hydrogens (primary N) is 1. The van der Waals surface area contributed by atoms with Gasteiger partial charge in [-0.25, -0.2) is 4.98 Å². The number of aromatic nitrogens is 1. The first-order chi connectivity index (χ1) is 6.65. The summed E-state index contributed by atoms with van der Waals surface area (Å²) in [5.74, 6) is -0.396. The molecule has 77 valence electrons. The van der Waals surface area contributed by atoms with Crippen LogP contribution in [0.2, 0.25) is 0 Å². The number of carbonyl (C=O) groups excluding carboxylic acids is 1. The summed E-state index contributed by atoms with van der Waals surface area (Å²) >= 11 is 1.32. The quantitative estimate of drug-likeness (QED) is 0.806. The Morgan fingerprint density at radius 1 is 1.86 bits per heavy atom. The second kappa shape index (κ2) is 5.07. The fourth-order valence-electron chi connectivity index (χ4n) is 1.01. The molecule has 0 amide bonds. The summed E-state index contributed by atoms with van der Waals surface area (Å²) in [6.45, 7) is 5.43. The number of ether oxygens (including phenoxy) is 1. The van der Waals surface area contributed by atoms with Gasteiger partial charge < -0.3 is 10.5 Å². The molecule has 0 fully saturated rings. The third kappa shape index (κ3) is 2.78. The zero-order valence-corrected chi connectivity index (χ0v) is 9.00. The topological polar surface area (TPSA) is 65.2 Å². The number of Topliss-reactive ketones (excluding diaryl/α,β-unsaturated/α-hetero) is 1. The van der Waals surface area contributed by atoms with Gasteiger partial charge in [-0.1, -0.05) is 0 Å². The minimum Gasteiger partial charge on any atom is -0.375 e. The maximum atomic E-state index is 11.3. The molecule has 0 aliphatic rings. The Morgan fingerprint density at radius 3 is 3.00 bits per heavy atom. The van der Waals surface area contributed by atoms with Gasteiger partial charge in [-0.3, -0.25) is 4.79 Å². The van der Waals surface area contributed by atoms with Crippen LogP contribution in [-0.2, 0) is 9.53 Å². The number of hydrogen-bond donors (Lipinski definition) is 1. The van der Waals surface area contributed by atoms with E-state index in [1.165, 1.54) is 24.9 Å². The number of nitrogens with zero attached hydrogens (tertiary/aromatic N) is 1. The molecule has 2 N–H and O–H groups in total. The minimum absolute atomic E-state index is 0.00347. The smallest absolute Gasteiger partial charge is 0.180 e. The van der Waals surface area contributed by atoms with Crippen LogP contribution in [0.4, 0.5) is 5.13 Å². The highest BCUT2D eigenvalue weighted by molar-refractivity contribution is 7.13. The molecule has 0 aliphatic carbocycles. The third-order valence-electron chi connectivity index (χ3n) is 1.70. The van der Waals surface area contributed by atoms with E-state index in [2.05, 4.69) is 4.98 Å². The summed E-state index contributed by atoms with van der Waals surface area (Å²) in [7, 11) is 0. The molecule has 1 radical (unpaired) electrons. The molecular formula is C9H13N2O2S. The molecule has 1 aromatic heterocycles. The Bertz CT molecular complexity index is 312. The van der Waals surface area contributed by atoms with Crippen molar-refractivity contribution in [3.05, 3.63) is 17.7 Å².